The number of rotatable bonds is 5. The third kappa shape index (κ3) is 3.42. The van der Waals surface area contributed by atoms with Crippen LogP contribution in [0, 0.1) is 6.92 Å². The summed E-state index contributed by atoms with van der Waals surface area (Å²) in [6.45, 7) is 2.54. The van der Waals surface area contributed by atoms with E-state index in [1.807, 2.05) is 25.3 Å². The van der Waals surface area contributed by atoms with E-state index in [1.165, 1.54) is 0 Å². The number of aromatic nitrogens is 2. The van der Waals surface area contributed by atoms with Gasteiger partial charge in [0.1, 0.15) is 0 Å². The van der Waals surface area contributed by atoms with E-state index in [0.717, 1.165) is 11.3 Å². The molecule has 0 aliphatic carbocycles. The number of carbonyl (C=O) groups excluding carboxylic acids is 1. The van der Waals surface area contributed by atoms with E-state index in [9.17, 15) is 4.79 Å². The Labute approximate surface area is 111 Å². The number of amides is 1. The summed E-state index contributed by atoms with van der Waals surface area (Å²) in [5.74, 6) is -0.128. The van der Waals surface area contributed by atoms with E-state index < -0.39 is 0 Å². The second-order valence-corrected chi connectivity index (χ2v) is 4.34. The summed E-state index contributed by atoms with van der Waals surface area (Å²) in [6.07, 6.45) is 4.28. The van der Waals surface area contributed by atoms with Crippen molar-refractivity contribution in [1.29, 1.82) is 0 Å². The molecule has 100 valence electrons. The Bertz CT molecular complexity index is 546. The molecule has 0 aliphatic heterocycles. The highest BCUT2D eigenvalue weighted by Gasteiger charge is 2.05. The van der Waals surface area contributed by atoms with Crippen molar-refractivity contribution in [3.63, 3.8) is 0 Å². The molecule has 2 rings (SSSR count). The van der Waals surface area contributed by atoms with Crippen molar-refractivity contribution in [1.82, 2.24) is 15.1 Å². The molecular weight excluding hydrogens is 242 g/mol. The molecule has 2 N–H and O–H groups in total. The maximum Gasteiger partial charge on any atom is 0.251 e. The summed E-state index contributed by atoms with van der Waals surface area (Å²) in [7, 11) is 0. The van der Waals surface area contributed by atoms with Gasteiger partial charge < -0.3 is 10.4 Å². The molecule has 2 aromatic rings. The number of aliphatic hydroxyl groups excluding tert-OH is 1. The first-order valence-corrected chi connectivity index (χ1v) is 6.21. The number of benzene rings is 1. The molecule has 5 nitrogen and oxygen atoms in total. The minimum atomic E-state index is -0.128. The quantitative estimate of drug-likeness (QED) is 0.795. The zero-order valence-electron chi connectivity index (χ0n) is 10.8. The van der Waals surface area contributed by atoms with Gasteiger partial charge in [0.25, 0.3) is 5.91 Å². The molecule has 1 heterocycles. The van der Waals surface area contributed by atoms with Crippen LogP contribution in [0.3, 0.4) is 0 Å². The molecule has 0 bridgehead atoms. The highest BCUT2D eigenvalue weighted by Crippen LogP contribution is 2.09. The molecule has 1 aromatic heterocycles. The Kier molecular flexibility index (Phi) is 4.30. The van der Waals surface area contributed by atoms with Crippen LogP contribution in [0.4, 0.5) is 0 Å². The normalized spacial score (nSPS) is 10.4. The van der Waals surface area contributed by atoms with Gasteiger partial charge in [0, 0.05) is 24.9 Å². The van der Waals surface area contributed by atoms with Crippen LogP contribution < -0.4 is 5.32 Å². The van der Waals surface area contributed by atoms with Gasteiger partial charge in [-0.3, -0.25) is 4.79 Å². The van der Waals surface area contributed by atoms with Gasteiger partial charge in [0.2, 0.25) is 0 Å². The minimum absolute atomic E-state index is 0.0812. The summed E-state index contributed by atoms with van der Waals surface area (Å²) in [6, 6.07) is 7.24. The molecule has 0 atom stereocenters. The van der Waals surface area contributed by atoms with E-state index in [0.29, 0.717) is 18.5 Å². The predicted molar refractivity (Wildman–Crippen MR) is 72.3 cm³/mol. The molecule has 0 unspecified atom stereocenters. The van der Waals surface area contributed by atoms with Crippen molar-refractivity contribution in [2.45, 2.75) is 13.3 Å². The minimum Gasteiger partial charge on any atom is -0.396 e. The Hall–Kier alpha value is -2.14. The van der Waals surface area contributed by atoms with Crippen molar-refractivity contribution in [3.05, 3.63) is 47.8 Å². The summed E-state index contributed by atoms with van der Waals surface area (Å²) in [5, 5.41) is 15.6. The molecule has 0 radical (unpaired) electrons. The predicted octanol–water partition coefficient (Wildman–Crippen LogP) is 1.29. The van der Waals surface area contributed by atoms with Crippen molar-refractivity contribution in [2.75, 3.05) is 13.2 Å². The second-order valence-electron chi connectivity index (χ2n) is 4.34. The van der Waals surface area contributed by atoms with Gasteiger partial charge in [-0.05, 0) is 43.2 Å². The third-order valence-corrected chi connectivity index (χ3v) is 2.73. The topological polar surface area (TPSA) is 67.2 Å². The van der Waals surface area contributed by atoms with E-state index >= 15 is 0 Å². The van der Waals surface area contributed by atoms with E-state index in [-0.39, 0.29) is 12.5 Å². The Morgan fingerprint density at radius 3 is 2.68 bits per heavy atom. The van der Waals surface area contributed by atoms with Crippen LogP contribution in [0.1, 0.15) is 22.3 Å². The molecule has 1 amide bonds. The van der Waals surface area contributed by atoms with Crippen LogP contribution in [0.2, 0.25) is 0 Å². The first kappa shape index (κ1) is 13.3. The van der Waals surface area contributed by atoms with Crippen LogP contribution in [0.5, 0.6) is 0 Å². The standard InChI is InChI=1S/C14H17N3O2/c1-11-9-16-17(10-11)13-5-3-12(4-6-13)14(19)15-7-2-8-18/h3-6,9-10,18H,2,7-8H2,1H3,(H,15,19). The monoisotopic (exact) mass is 259 g/mol. The number of aliphatic hydroxyl groups is 1. The molecule has 0 saturated heterocycles. The lowest BCUT2D eigenvalue weighted by Gasteiger charge is -2.05. The van der Waals surface area contributed by atoms with Crippen LogP contribution in [0.15, 0.2) is 36.7 Å². The summed E-state index contributed by atoms with van der Waals surface area (Å²) in [5.41, 5.74) is 2.61. The number of hydrogen-bond acceptors (Lipinski definition) is 3. The first-order chi connectivity index (χ1) is 9.20. The fraction of sp³-hybridized carbons (Fsp3) is 0.286. The van der Waals surface area contributed by atoms with Crippen LogP contribution in [0.25, 0.3) is 5.69 Å². The van der Waals surface area contributed by atoms with Gasteiger partial charge in [-0.15, -0.1) is 0 Å². The van der Waals surface area contributed by atoms with Crippen LogP contribution in [-0.4, -0.2) is 33.9 Å². The molecule has 19 heavy (non-hydrogen) atoms. The molecule has 5 heteroatoms. The number of nitrogens with one attached hydrogen (secondary N) is 1. The smallest absolute Gasteiger partial charge is 0.251 e. The highest BCUT2D eigenvalue weighted by atomic mass is 16.3. The number of nitrogens with zero attached hydrogens (tertiary/aromatic N) is 2. The van der Waals surface area contributed by atoms with E-state index in [2.05, 4.69) is 10.4 Å². The highest BCUT2D eigenvalue weighted by molar-refractivity contribution is 5.94. The average molecular weight is 259 g/mol. The van der Waals surface area contributed by atoms with Crippen LogP contribution >= 0.6 is 0 Å². The van der Waals surface area contributed by atoms with Gasteiger partial charge >= 0.3 is 0 Å². The molecular formula is C14H17N3O2. The van der Waals surface area contributed by atoms with E-state index in [4.69, 9.17) is 5.11 Å². The second kappa shape index (κ2) is 6.15. The Morgan fingerprint density at radius 1 is 1.37 bits per heavy atom. The summed E-state index contributed by atoms with van der Waals surface area (Å²) < 4.78 is 1.77. The lowest BCUT2D eigenvalue weighted by molar-refractivity contribution is 0.0951. The zero-order chi connectivity index (χ0) is 13.7. The van der Waals surface area contributed by atoms with Gasteiger partial charge in [0.15, 0.2) is 0 Å². The third-order valence-electron chi connectivity index (χ3n) is 2.73. The molecule has 0 spiro atoms. The molecule has 0 saturated carbocycles. The Balaban J connectivity index is 2.04. The van der Waals surface area contributed by atoms with Crippen molar-refractivity contribution < 1.29 is 9.90 Å². The van der Waals surface area contributed by atoms with E-state index in [1.54, 1.807) is 23.0 Å². The summed E-state index contributed by atoms with van der Waals surface area (Å²) in [4.78, 5) is 11.8. The SMILES string of the molecule is Cc1cnn(-c2ccc(C(=O)NCCCO)cc2)c1. The maximum absolute atomic E-state index is 11.8. The lowest BCUT2D eigenvalue weighted by atomic mass is 10.2. The largest absolute Gasteiger partial charge is 0.396 e. The average Bonchev–Trinajstić information content (AvgIpc) is 2.86. The van der Waals surface area contributed by atoms with Crippen molar-refractivity contribution in [2.24, 2.45) is 0 Å². The van der Waals surface area contributed by atoms with Gasteiger partial charge in [-0.2, -0.15) is 5.10 Å². The molecule has 0 fully saturated rings. The van der Waals surface area contributed by atoms with Gasteiger partial charge in [-0.25, -0.2) is 4.68 Å². The van der Waals surface area contributed by atoms with Crippen molar-refractivity contribution >= 4 is 5.91 Å². The van der Waals surface area contributed by atoms with Gasteiger partial charge in [-0.1, -0.05) is 0 Å². The van der Waals surface area contributed by atoms with Crippen LogP contribution in [-0.2, 0) is 0 Å². The fourth-order valence-corrected chi connectivity index (χ4v) is 1.70. The zero-order valence-corrected chi connectivity index (χ0v) is 10.8. The Morgan fingerprint density at radius 2 is 2.11 bits per heavy atom. The number of aryl methyl sites for hydroxylation is 1. The number of carbonyl (C=O) groups is 1. The maximum atomic E-state index is 11.8. The molecule has 0 aliphatic rings. The molecule has 1 aromatic carbocycles. The lowest BCUT2D eigenvalue weighted by Crippen LogP contribution is -2.24. The first-order valence-electron chi connectivity index (χ1n) is 6.21. The van der Waals surface area contributed by atoms with Crippen molar-refractivity contribution in [3.8, 4) is 5.69 Å². The number of hydrogen-bond donors (Lipinski definition) is 2. The van der Waals surface area contributed by atoms with Gasteiger partial charge in [0.05, 0.1) is 11.9 Å². The summed E-state index contributed by atoms with van der Waals surface area (Å²) >= 11 is 0. The fourth-order valence-electron chi connectivity index (χ4n) is 1.70.